The summed E-state index contributed by atoms with van der Waals surface area (Å²) >= 11 is 0. The first-order valence-corrected chi connectivity index (χ1v) is 19.3. The maximum absolute atomic E-state index is 14.0. The number of hydrogen-bond acceptors (Lipinski definition) is 6. The molecule has 1 saturated heterocycles. The predicted molar refractivity (Wildman–Crippen MR) is 201 cm³/mol. The molecule has 2 aromatic carbocycles. The largest absolute Gasteiger partial charge is 0.496 e. The summed E-state index contributed by atoms with van der Waals surface area (Å²) in [6, 6.07) is 13.2. The van der Waals surface area contributed by atoms with Crippen LogP contribution in [0.4, 0.5) is 0 Å². The number of nitrogens with zero attached hydrogens (tertiary/aromatic N) is 1. The molecule has 8 atom stereocenters. The third-order valence-electron chi connectivity index (χ3n) is 13.9. The van der Waals surface area contributed by atoms with Crippen molar-refractivity contribution >= 4 is 28.4 Å². The Morgan fingerprint density at radius 3 is 2.67 bits per heavy atom. The number of carbonyl (C=O) groups is 2. The zero-order valence-electron chi connectivity index (χ0n) is 31.1. The monoisotopic (exact) mass is 690 g/mol. The molecule has 8 unspecified atom stereocenters. The van der Waals surface area contributed by atoms with Crippen molar-refractivity contribution in [1.29, 1.82) is 0 Å². The summed E-state index contributed by atoms with van der Waals surface area (Å²) in [5.41, 5.74) is 9.34. The Balaban J connectivity index is 1.28. The van der Waals surface area contributed by atoms with Gasteiger partial charge in [0.05, 0.1) is 32.7 Å². The summed E-state index contributed by atoms with van der Waals surface area (Å²) in [6.45, 7) is 7.37. The van der Waals surface area contributed by atoms with Crippen LogP contribution in [0.1, 0.15) is 92.2 Å². The van der Waals surface area contributed by atoms with E-state index in [2.05, 4.69) is 72.9 Å². The molecule has 1 N–H and O–H groups in total. The van der Waals surface area contributed by atoms with E-state index in [9.17, 15) is 9.59 Å². The minimum Gasteiger partial charge on any atom is -0.496 e. The number of piperidine rings is 1. The highest BCUT2D eigenvalue weighted by Gasteiger charge is 2.53. The van der Waals surface area contributed by atoms with Gasteiger partial charge in [0.2, 0.25) is 0 Å². The highest BCUT2D eigenvalue weighted by Crippen LogP contribution is 2.59. The predicted octanol–water partition coefficient (Wildman–Crippen LogP) is 8.26. The average molecular weight is 691 g/mol. The summed E-state index contributed by atoms with van der Waals surface area (Å²) in [7, 11) is 7.02. The summed E-state index contributed by atoms with van der Waals surface area (Å²) in [4.78, 5) is 34.0. The molecule has 7 nitrogen and oxygen atoms in total. The van der Waals surface area contributed by atoms with Crippen LogP contribution in [0.5, 0.6) is 5.75 Å². The standard InChI is InChI=1S/C44H54N2O5/c1-7-11-25-16-26-14-15-29-31-21-39(49-4)33(17-28(31)18-36(29)44(22-25,23-26)43(48)51-6)34-19-32-27(8-2)24-46(3)38(40(32)42(47)50-5)20-35-30-12-9-10-13-37(30)45-41(34)35/h8-10,12-13,17,21,25-27,32,34,38,40,45H,2,7,11,14-16,18-20,22-24H2,1,3-6H3. The van der Waals surface area contributed by atoms with E-state index in [0.29, 0.717) is 11.8 Å². The van der Waals surface area contributed by atoms with Crippen molar-refractivity contribution in [3.05, 3.63) is 82.6 Å². The quantitative estimate of drug-likeness (QED) is 0.199. The maximum atomic E-state index is 14.0. The average Bonchev–Trinajstić information content (AvgIpc) is 3.66. The molecule has 2 fully saturated rings. The fourth-order valence-electron chi connectivity index (χ4n) is 11.7. The van der Waals surface area contributed by atoms with Crippen molar-refractivity contribution in [2.75, 3.05) is 34.9 Å². The molecule has 51 heavy (non-hydrogen) atoms. The molecular formula is C44H54N2O5. The Kier molecular flexibility index (Phi) is 8.93. The number of likely N-dealkylation sites (N-methyl/N-ethyl adjacent to an activating group) is 1. The highest BCUT2D eigenvalue weighted by atomic mass is 16.5. The Morgan fingerprint density at radius 2 is 1.92 bits per heavy atom. The smallest absolute Gasteiger partial charge is 0.315 e. The number of hydrogen-bond donors (Lipinski definition) is 1. The lowest BCUT2D eigenvalue weighted by Gasteiger charge is -2.48. The van der Waals surface area contributed by atoms with E-state index in [-0.39, 0.29) is 41.7 Å². The number of para-hydroxylation sites is 1. The first-order chi connectivity index (χ1) is 24.7. The van der Waals surface area contributed by atoms with E-state index in [1.54, 1.807) is 14.2 Å². The number of ether oxygens (including phenoxy) is 3. The lowest BCUT2D eigenvalue weighted by Crippen LogP contribution is -2.56. The van der Waals surface area contributed by atoms with Crippen molar-refractivity contribution in [3.63, 3.8) is 0 Å². The first kappa shape index (κ1) is 34.3. The summed E-state index contributed by atoms with van der Waals surface area (Å²) < 4.78 is 17.6. The maximum Gasteiger partial charge on any atom is 0.315 e. The van der Waals surface area contributed by atoms with Crippen LogP contribution in [0, 0.1) is 35.0 Å². The molecule has 8 rings (SSSR count). The molecule has 0 radical (unpaired) electrons. The lowest BCUT2D eigenvalue weighted by molar-refractivity contribution is -0.155. The van der Waals surface area contributed by atoms with E-state index in [1.165, 1.54) is 52.4 Å². The second-order valence-electron chi connectivity index (χ2n) is 16.3. The van der Waals surface area contributed by atoms with Gasteiger partial charge in [0.1, 0.15) is 5.75 Å². The van der Waals surface area contributed by atoms with Gasteiger partial charge in [-0.1, -0.05) is 50.1 Å². The highest BCUT2D eigenvalue weighted by molar-refractivity contribution is 5.90. The third-order valence-corrected chi connectivity index (χ3v) is 13.9. The number of rotatable bonds is 7. The van der Waals surface area contributed by atoms with Gasteiger partial charge in [0.25, 0.3) is 0 Å². The van der Waals surface area contributed by atoms with Gasteiger partial charge in [-0.2, -0.15) is 0 Å². The summed E-state index contributed by atoms with van der Waals surface area (Å²) in [6.07, 6.45) is 11.7. The Hall–Kier alpha value is -3.84. The summed E-state index contributed by atoms with van der Waals surface area (Å²) in [5.74, 6) is 1.62. The Morgan fingerprint density at radius 1 is 1.10 bits per heavy atom. The molecule has 5 aliphatic rings. The van der Waals surface area contributed by atoms with Crippen LogP contribution in [-0.2, 0) is 31.9 Å². The second-order valence-corrected chi connectivity index (χ2v) is 16.3. The normalized spacial score (nSPS) is 31.4. The van der Waals surface area contributed by atoms with Crippen LogP contribution < -0.4 is 4.74 Å². The number of methoxy groups -OCH3 is 3. The van der Waals surface area contributed by atoms with Gasteiger partial charge in [-0.05, 0) is 122 Å². The van der Waals surface area contributed by atoms with Crippen LogP contribution in [0.25, 0.3) is 16.5 Å². The van der Waals surface area contributed by atoms with Crippen LogP contribution >= 0.6 is 0 Å². The van der Waals surface area contributed by atoms with Gasteiger partial charge in [-0.25, -0.2) is 0 Å². The van der Waals surface area contributed by atoms with Crippen molar-refractivity contribution in [1.82, 2.24) is 9.88 Å². The van der Waals surface area contributed by atoms with Crippen molar-refractivity contribution in [2.45, 2.75) is 83.1 Å². The number of carbonyl (C=O) groups excluding carboxylic acids is 2. The zero-order chi connectivity index (χ0) is 35.6. The molecule has 1 aliphatic heterocycles. The van der Waals surface area contributed by atoms with Crippen LogP contribution in [-0.4, -0.2) is 62.8 Å². The molecule has 0 amide bonds. The van der Waals surface area contributed by atoms with Gasteiger partial charge in [0.15, 0.2) is 0 Å². The van der Waals surface area contributed by atoms with E-state index >= 15 is 0 Å². The topological polar surface area (TPSA) is 80.9 Å². The molecule has 1 saturated carbocycles. The fraction of sp³-hybridized carbons (Fsp3) is 0.545. The molecule has 4 aliphatic carbocycles. The SMILES string of the molecule is C=CC1CN(C)C2Cc3c([nH]c4ccccc34)C(c3cc4c(cc3OC)C3=C(C4)C4(C(=O)OC)CC(CCC)CC(CC3)C4)CC1C2C(=O)OC. The van der Waals surface area contributed by atoms with Gasteiger partial charge in [-0.15, -0.1) is 6.58 Å². The number of nitrogens with one attached hydrogen (secondary N) is 1. The molecule has 4 bridgehead atoms. The number of esters is 2. The van der Waals surface area contributed by atoms with Crippen LogP contribution in [0.2, 0.25) is 0 Å². The molecule has 7 heteroatoms. The lowest BCUT2D eigenvalue weighted by atomic mass is 9.61. The number of aromatic amines is 1. The van der Waals surface area contributed by atoms with E-state index in [1.807, 2.05) is 0 Å². The fourth-order valence-corrected chi connectivity index (χ4v) is 11.7. The minimum absolute atomic E-state index is 0.0182. The van der Waals surface area contributed by atoms with Gasteiger partial charge >= 0.3 is 11.9 Å². The Labute approximate surface area is 302 Å². The summed E-state index contributed by atoms with van der Waals surface area (Å²) in [5, 5.41) is 1.21. The van der Waals surface area contributed by atoms with E-state index in [0.717, 1.165) is 81.2 Å². The molecule has 2 heterocycles. The van der Waals surface area contributed by atoms with Crippen LogP contribution in [0.15, 0.2) is 54.6 Å². The molecular weight excluding hydrogens is 636 g/mol. The van der Waals surface area contributed by atoms with Crippen molar-refractivity contribution in [3.8, 4) is 5.75 Å². The van der Waals surface area contributed by atoms with Gasteiger partial charge in [0, 0.05) is 40.7 Å². The van der Waals surface area contributed by atoms with Crippen molar-refractivity contribution in [2.24, 2.45) is 35.0 Å². The van der Waals surface area contributed by atoms with Crippen molar-refractivity contribution < 1.29 is 23.8 Å². The number of allylic oxidation sites excluding steroid dienone is 1. The van der Waals surface area contributed by atoms with Crippen LogP contribution in [0.3, 0.4) is 0 Å². The number of benzene rings is 2. The molecule has 0 spiro atoms. The van der Waals surface area contributed by atoms with Gasteiger partial charge in [-0.3, -0.25) is 9.59 Å². The van der Waals surface area contributed by atoms with E-state index < -0.39 is 5.41 Å². The molecule has 3 aromatic rings. The first-order valence-electron chi connectivity index (χ1n) is 19.3. The number of likely N-dealkylation sites (tertiary alicyclic amines) is 1. The van der Waals surface area contributed by atoms with E-state index in [4.69, 9.17) is 14.2 Å². The second kappa shape index (κ2) is 13.3. The molecule has 270 valence electrons. The Bertz CT molecular complexity index is 1910. The third kappa shape index (κ3) is 5.40. The number of H-pyrrole nitrogens is 1. The number of aromatic nitrogens is 1. The molecule has 1 aromatic heterocycles. The number of fused-ring (bicyclic) bond motifs is 10. The zero-order valence-corrected chi connectivity index (χ0v) is 31.1. The minimum atomic E-state index is -0.561. The van der Waals surface area contributed by atoms with Gasteiger partial charge < -0.3 is 24.1 Å².